The van der Waals surface area contributed by atoms with E-state index in [1.807, 2.05) is 24.3 Å². The molecular formula is C10H10N2O3. The van der Waals surface area contributed by atoms with Crippen LogP contribution >= 0.6 is 0 Å². The summed E-state index contributed by atoms with van der Waals surface area (Å²) in [6, 6.07) is 6.65. The van der Waals surface area contributed by atoms with Crippen LogP contribution in [0.15, 0.2) is 29.6 Å². The minimum atomic E-state index is -1.01. The number of fused-ring (bicyclic) bond motifs is 1. The Kier molecular flexibility index (Phi) is 2.37. The first-order valence-corrected chi connectivity index (χ1v) is 4.62. The molecule has 0 bridgehead atoms. The van der Waals surface area contributed by atoms with Gasteiger partial charge in [0.15, 0.2) is 6.04 Å². The fourth-order valence-corrected chi connectivity index (χ4v) is 1.81. The van der Waals surface area contributed by atoms with Crippen LogP contribution in [0.3, 0.4) is 0 Å². The van der Waals surface area contributed by atoms with Gasteiger partial charge in [-0.2, -0.15) is 0 Å². The van der Waals surface area contributed by atoms with E-state index >= 15 is 0 Å². The predicted octanol–water partition coefficient (Wildman–Crippen LogP) is 1.18. The molecule has 0 amide bonds. The highest BCUT2D eigenvalue weighted by Gasteiger charge is 2.31. The van der Waals surface area contributed by atoms with E-state index in [9.17, 15) is 9.70 Å². The number of nitrogens with zero attached hydrogens (tertiary/aromatic N) is 2. The highest BCUT2D eigenvalue weighted by molar-refractivity contribution is 5.74. The molecule has 0 saturated carbocycles. The largest absolute Gasteiger partial charge is 0.480 e. The molecule has 5 nitrogen and oxygen atoms in total. The van der Waals surface area contributed by atoms with Crippen molar-refractivity contribution in [2.24, 2.45) is 5.29 Å². The van der Waals surface area contributed by atoms with Gasteiger partial charge in [-0.05, 0) is 11.1 Å². The lowest BCUT2D eigenvalue weighted by Gasteiger charge is -2.29. The fourth-order valence-electron chi connectivity index (χ4n) is 1.81. The molecule has 1 heterocycles. The lowest BCUT2D eigenvalue weighted by molar-refractivity contribution is -0.144. The minimum absolute atomic E-state index is 0.274. The maximum absolute atomic E-state index is 10.9. The van der Waals surface area contributed by atoms with Gasteiger partial charge in [0.25, 0.3) is 0 Å². The first-order chi connectivity index (χ1) is 7.22. The van der Waals surface area contributed by atoms with Crippen LogP contribution in [0.25, 0.3) is 0 Å². The van der Waals surface area contributed by atoms with Crippen LogP contribution in [0.2, 0.25) is 0 Å². The quantitative estimate of drug-likeness (QED) is 0.737. The number of nitroso groups, excluding NO2 is 1. The van der Waals surface area contributed by atoms with Crippen LogP contribution < -0.4 is 0 Å². The van der Waals surface area contributed by atoms with Gasteiger partial charge in [-0.25, -0.2) is 9.80 Å². The van der Waals surface area contributed by atoms with Gasteiger partial charge < -0.3 is 5.11 Å². The fraction of sp³-hybridized carbons (Fsp3) is 0.300. The number of rotatable bonds is 2. The molecule has 78 valence electrons. The average molecular weight is 206 g/mol. The van der Waals surface area contributed by atoms with Gasteiger partial charge in [0.05, 0.1) is 11.8 Å². The van der Waals surface area contributed by atoms with Gasteiger partial charge in [0.1, 0.15) is 0 Å². The van der Waals surface area contributed by atoms with Crippen LogP contribution in [0.5, 0.6) is 0 Å². The lowest BCUT2D eigenvalue weighted by atomic mass is 9.95. The van der Waals surface area contributed by atoms with Gasteiger partial charge in [-0.1, -0.05) is 24.3 Å². The Hall–Kier alpha value is -1.91. The molecule has 0 aliphatic carbocycles. The molecule has 5 heteroatoms. The summed E-state index contributed by atoms with van der Waals surface area (Å²) in [5, 5.41) is 12.8. The number of aliphatic carboxylic acids is 1. The van der Waals surface area contributed by atoms with Crippen molar-refractivity contribution in [3.63, 3.8) is 0 Å². The van der Waals surface area contributed by atoms with Crippen molar-refractivity contribution in [1.82, 2.24) is 5.01 Å². The molecule has 1 N–H and O–H groups in total. The lowest BCUT2D eigenvalue weighted by Crippen LogP contribution is -2.42. The van der Waals surface area contributed by atoms with E-state index < -0.39 is 12.0 Å². The second-order valence-corrected chi connectivity index (χ2v) is 3.51. The maximum atomic E-state index is 10.9. The third-order valence-electron chi connectivity index (χ3n) is 2.61. The molecule has 0 saturated heterocycles. The summed E-state index contributed by atoms with van der Waals surface area (Å²) in [6.45, 7) is 0.274. The zero-order chi connectivity index (χ0) is 10.8. The summed E-state index contributed by atoms with van der Waals surface area (Å²) < 4.78 is 0. The summed E-state index contributed by atoms with van der Waals surface area (Å²) in [6.07, 6.45) is 0.331. The van der Waals surface area contributed by atoms with Gasteiger partial charge in [-0.3, -0.25) is 0 Å². The van der Waals surface area contributed by atoms with Gasteiger partial charge in [0.2, 0.25) is 0 Å². The predicted molar refractivity (Wildman–Crippen MR) is 52.9 cm³/mol. The van der Waals surface area contributed by atoms with E-state index in [0.717, 1.165) is 16.1 Å². The Bertz CT molecular complexity index is 405. The maximum Gasteiger partial charge on any atom is 0.328 e. The van der Waals surface area contributed by atoms with Gasteiger partial charge in [-0.15, -0.1) is 4.91 Å². The van der Waals surface area contributed by atoms with E-state index in [1.165, 1.54) is 0 Å². The molecule has 1 aliphatic heterocycles. The summed E-state index contributed by atoms with van der Waals surface area (Å²) in [7, 11) is 0. The Balaban J connectivity index is 2.34. The molecular weight excluding hydrogens is 196 g/mol. The summed E-state index contributed by atoms with van der Waals surface area (Å²) >= 11 is 0. The number of carboxylic acids is 1. The highest BCUT2D eigenvalue weighted by Crippen LogP contribution is 2.23. The Morgan fingerprint density at radius 2 is 2.07 bits per heavy atom. The number of benzene rings is 1. The Labute approximate surface area is 86.3 Å². The molecule has 1 aliphatic rings. The molecule has 1 aromatic rings. The normalized spacial score (nSPS) is 19.5. The molecule has 15 heavy (non-hydrogen) atoms. The molecule has 0 fully saturated rings. The van der Waals surface area contributed by atoms with E-state index in [4.69, 9.17) is 5.11 Å². The highest BCUT2D eigenvalue weighted by atomic mass is 16.4. The third-order valence-corrected chi connectivity index (χ3v) is 2.61. The summed E-state index contributed by atoms with van der Waals surface area (Å²) in [4.78, 5) is 21.4. The third kappa shape index (κ3) is 1.68. The smallest absolute Gasteiger partial charge is 0.328 e. The first kappa shape index (κ1) is 9.64. The zero-order valence-corrected chi connectivity index (χ0v) is 7.96. The van der Waals surface area contributed by atoms with Crippen LogP contribution in [0, 0.1) is 4.91 Å². The Morgan fingerprint density at radius 1 is 1.40 bits per heavy atom. The summed E-state index contributed by atoms with van der Waals surface area (Å²) in [5.41, 5.74) is 1.94. The monoisotopic (exact) mass is 206 g/mol. The molecule has 1 aromatic carbocycles. The van der Waals surface area contributed by atoms with Crippen molar-refractivity contribution in [2.75, 3.05) is 0 Å². The SMILES string of the molecule is O=NN1Cc2ccccc2CC1C(=O)O. The second-order valence-electron chi connectivity index (χ2n) is 3.51. The Morgan fingerprint density at radius 3 is 2.67 bits per heavy atom. The van der Waals surface area contributed by atoms with Crippen molar-refractivity contribution >= 4 is 5.97 Å². The van der Waals surface area contributed by atoms with Gasteiger partial charge in [0, 0.05) is 6.42 Å². The second kappa shape index (κ2) is 3.68. The van der Waals surface area contributed by atoms with Crippen molar-refractivity contribution in [2.45, 2.75) is 19.0 Å². The van der Waals surface area contributed by atoms with Crippen molar-refractivity contribution in [3.05, 3.63) is 40.3 Å². The van der Waals surface area contributed by atoms with Gasteiger partial charge >= 0.3 is 5.97 Å². The standard InChI is InChI=1S/C10H10N2O3/c13-10(14)9-5-7-3-1-2-4-8(7)6-12(9)11-15/h1-4,9H,5-6H2,(H,13,14). The van der Waals surface area contributed by atoms with Crippen molar-refractivity contribution in [3.8, 4) is 0 Å². The number of carbonyl (C=O) groups is 1. The van der Waals surface area contributed by atoms with E-state index in [2.05, 4.69) is 5.29 Å². The van der Waals surface area contributed by atoms with Crippen LogP contribution in [0.4, 0.5) is 0 Å². The van der Waals surface area contributed by atoms with Crippen molar-refractivity contribution in [1.29, 1.82) is 0 Å². The molecule has 0 spiro atoms. The van der Waals surface area contributed by atoms with Crippen molar-refractivity contribution < 1.29 is 9.90 Å². The summed E-state index contributed by atoms with van der Waals surface area (Å²) in [5.74, 6) is -1.01. The first-order valence-electron chi connectivity index (χ1n) is 4.62. The van der Waals surface area contributed by atoms with E-state index in [1.54, 1.807) is 0 Å². The molecule has 2 rings (SSSR count). The molecule has 1 atom stereocenters. The van der Waals surface area contributed by atoms with E-state index in [-0.39, 0.29) is 6.54 Å². The minimum Gasteiger partial charge on any atom is -0.480 e. The van der Waals surface area contributed by atoms with E-state index in [0.29, 0.717) is 6.42 Å². The number of carboxylic acid groups (broad SMARTS) is 1. The van der Waals surface area contributed by atoms with Crippen LogP contribution in [-0.2, 0) is 17.8 Å². The molecule has 1 unspecified atom stereocenters. The molecule has 0 radical (unpaired) electrons. The zero-order valence-electron chi connectivity index (χ0n) is 7.96. The van der Waals surface area contributed by atoms with Crippen LogP contribution in [0.1, 0.15) is 11.1 Å². The van der Waals surface area contributed by atoms with Crippen LogP contribution in [-0.4, -0.2) is 22.1 Å². The number of hydrogen-bond acceptors (Lipinski definition) is 3. The average Bonchev–Trinajstić information content (AvgIpc) is 2.27. The number of hydrogen-bond donors (Lipinski definition) is 1. The topological polar surface area (TPSA) is 70.0 Å². The molecule has 0 aromatic heterocycles.